The van der Waals surface area contributed by atoms with Gasteiger partial charge in [0.2, 0.25) is 11.8 Å². The first kappa shape index (κ1) is 18.7. The van der Waals surface area contributed by atoms with Gasteiger partial charge in [0.05, 0.1) is 5.75 Å². The molecule has 2 aliphatic rings. The molecule has 0 radical (unpaired) electrons. The van der Waals surface area contributed by atoms with Gasteiger partial charge in [0.15, 0.2) is 0 Å². The Bertz CT molecular complexity index is 882. The summed E-state index contributed by atoms with van der Waals surface area (Å²) in [5.74, 6) is 0.546. The molecule has 2 N–H and O–H groups in total. The van der Waals surface area contributed by atoms with Crippen molar-refractivity contribution in [2.45, 2.75) is 56.5 Å². The van der Waals surface area contributed by atoms with Crippen molar-refractivity contribution in [3.05, 3.63) is 16.8 Å². The summed E-state index contributed by atoms with van der Waals surface area (Å²) in [5, 5.41) is 2.01. The van der Waals surface area contributed by atoms with Crippen LogP contribution in [-0.2, 0) is 22.4 Å². The van der Waals surface area contributed by atoms with Crippen molar-refractivity contribution in [1.82, 2.24) is 14.9 Å². The Balaban J connectivity index is 1.54. The summed E-state index contributed by atoms with van der Waals surface area (Å²) in [7, 11) is 0. The lowest BCUT2D eigenvalue weighted by atomic mass is 9.89. The molecule has 1 aliphatic heterocycles. The minimum absolute atomic E-state index is 0.0343. The van der Waals surface area contributed by atoms with Crippen LogP contribution in [0.5, 0.6) is 0 Å². The maximum Gasteiger partial charge on any atom is 0.240 e. The van der Waals surface area contributed by atoms with Crippen molar-refractivity contribution in [3.63, 3.8) is 0 Å². The summed E-state index contributed by atoms with van der Waals surface area (Å²) in [6, 6.07) is -0.465. The average molecular weight is 405 g/mol. The Hall–Kier alpha value is -1.67. The minimum atomic E-state index is -0.465. The largest absolute Gasteiger partial charge is 0.368 e. The molecule has 6 nitrogen and oxygen atoms in total. The first-order valence-electron chi connectivity index (χ1n) is 9.51. The quantitative estimate of drug-likeness (QED) is 0.625. The van der Waals surface area contributed by atoms with E-state index in [1.165, 1.54) is 28.6 Å². The zero-order valence-corrected chi connectivity index (χ0v) is 17.1. The normalized spacial score (nSPS) is 22.6. The molecule has 1 fully saturated rings. The van der Waals surface area contributed by atoms with E-state index in [-0.39, 0.29) is 11.7 Å². The number of piperidine rings is 1. The molecule has 0 unspecified atom stereocenters. The molecule has 2 aromatic heterocycles. The van der Waals surface area contributed by atoms with Crippen LogP contribution in [0.4, 0.5) is 0 Å². The van der Waals surface area contributed by atoms with Crippen molar-refractivity contribution < 1.29 is 9.59 Å². The molecule has 1 saturated heterocycles. The summed E-state index contributed by atoms with van der Waals surface area (Å²) >= 11 is 3.22. The number of carbonyl (C=O) groups excluding carboxylic acids is 2. The van der Waals surface area contributed by atoms with Gasteiger partial charge in [0, 0.05) is 16.8 Å². The fourth-order valence-electron chi connectivity index (χ4n) is 4.09. The Kier molecular flexibility index (Phi) is 5.36. The third kappa shape index (κ3) is 3.69. The van der Waals surface area contributed by atoms with Crippen LogP contribution in [0.15, 0.2) is 11.4 Å². The van der Waals surface area contributed by atoms with Crippen LogP contribution in [0.2, 0.25) is 0 Å². The van der Waals surface area contributed by atoms with E-state index in [1.807, 2.05) is 0 Å². The number of rotatable bonds is 4. The molecule has 0 bridgehead atoms. The van der Waals surface area contributed by atoms with Crippen LogP contribution in [0, 0.1) is 5.92 Å². The van der Waals surface area contributed by atoms with E-state index < -0.39 is 11.9 Å². The van der Waals surface area contributed by atoms with E-state index in [4.69, 9.17) is 5.73 Å². The maximum atomic E-state index is 12.7. The van der Waals surface area contributed by atoms with Crippen molar-refractivity contribution in [2.24, 2.45) is 11.7 Å². The highest BCUT2D eigenvalue weighted by atomic mass is 32.2. The molecular weight excluding hydrogens is 380 g/mol. The molecule has 0 spiro atoms. The molecule has 27 heavy (non-hydrogen) atoms. The number of nitrogens with two attached hydrogens (primary N) is 1. The van der Waals surface area contributed by atoms with Crippen molar-refractivity contribution in [3.8, 4) is 0 Å². The number of aromatic nitrogens is 2. The fourth-order valence-corrected chi connectivity index (χ4v) is 6.42. The van der Waals surface area contributed by atoms with Crippen molar-refractivity contribution in [2.75, 3.05) is 12.3 Å². The Morgan fingerprint density at radius 3 is 3.00 bits per heavy atom. The van der Waals surface area contributed by atoms with Gasteiger partial charge in [-0.3, -0.25) is 9.59 Å². The van der Waals surface area contributed by atoms with Crippen LogP contribution in [0.1, 0.15) is 43.0 Å². The molecule has 0 aromatic carbocycles. The van der Waals surface area contributed by atoms with Gasteiger partial charge in [-0.15, -0.1) is 11.3 Å². The van der Waals surface area contributed by atoms with E-state index in [0.717, 1.165) is 40.9 Å². The second kappa shape index (κ2) is 7.75. The number of fused-ring (bicyclic) bond motifs is 3. The number of nitrogens with zero attached hydrogens (tertiary/aromatic N) is 3. The Labute approximate surface area is 166 Å². The first-order valence-corrected chi connectivity index (χ1v) is 11.3. The van der Waals surface area contributed by atoms with Crippen LogP contribution in [0.3, 0.4) is 0 Å². The van der Waals surface area contributed by atoms with Gasteiger partial charge in [0.1, 0.15) is 22.2 Å². The lowest BCUT2D eigenvalue weighted by Gasteiger charge is -2.33. The predicted octanol–water partition coefficient (Wildman–Crippen LogP) is 2.77. The number of thiophene rings is 1. The highest BCUT2D eigenvalue weighted by Gasteiger charge is 2.31. The lowest BCUT2D eigenvalue weighted by Crippen LogP contribution is -2.51. The standard InChI is InChI=1S/C19H24N4O2S2/c1-11-5-6-12-14(8-11)27-19-16(12)18(21-10-22-19)26-9-15(24)23-7-3-2-4-13(23)17(20)25/h10-11,13H,2-9H2,1H3,(H2,20,25)/t11-,13+/m0/s1. The van der Waals surface area contributed by atoms with E-state index in [1.54, 1.807) is 22.6 Å². The molecule has 144 valence electrons. The molecule has 8 heteroatoms. The summed E-state index contributed by atoms with van der Waals surface area (Å²) in [6.07, 6.45) is 7.47. The number of primary amides is 1. The van der Waals surface area contributed by atoms with E-state index >= 15 is 0 Å². The van der Waals surface area contributed by atoms with Crippen molar-refractivity contribution in [1.29, 1.82) is 0 Å². The smallest absolute Gasteiger partial charge is 0.240 e. The number of aryl methyl sites for hydroxylation is 1. The van der Waals surface area contributed by atoms with Crippen LogP contribution in [0.25, 0.3) is 10.2 Å². The summed E-state index contributed by atoms with van der Waals surface area (Å²) in [6.45, 7) is 2.90. The number of hydrogen-bond donors (Lipinski definition) is 1. The summed E-state index contributed by atoms with van der Waals surface area (Å²) < 4.78 is 0. The summed E-state index contributed by atoms with van der Waals surface area (Å²) in [4.78, 5) is 37.5. The second-order valence-corrected chi connectivity index (χ2v) is 9.55. The number of thioether (sulfide) groups is 1. The number of hydrogen-bond acceptors (Lipinski definition) is 6. The molecule has 2 amide bonds. The third-order valence-corrected chi connectivity index (χ3v) is 7.68. The van der Waals surface area contributed by atoms with Crippen LogP contribution >= 0.6 is 23.1 Å². The SMILES string of the molecule is C[C@H]1CCc2c(sc3ncnc(SCC(=O)N4CCCC[C@@H]4C(N)=O)c23)C1. The fraction of sp³-hybridized carbons (Fsp3) is 0.579. The number of carbonyl (C=O) groups is 2. The van der Waals surface area contributed by atoms with Crippen molar-refractivity contribution >= 4 is 45.1 Å². The lowest BCUT2D eigenvalue weighted by molar-refractivity contribution is -0.138. The van der Waals surface area contributed by atoms with Gasteiger partial charge in [-0.05, 0) is 50.0 Å². The zero-order valence-electron chi connectivity index (χ0n) is 15.4. The first-order chi connectivity index (χ1) is 13.0. The van der Waals surface area contributed by atoms with Gasteiger partial charge in [-0.1, -0.05) is 18.7 Å². The average Bonchev–Trinajstić information content (AvgIpc) is 3.04. The minimum Gasteiger partial charge on any atom is -0.368 e. The topological polar surface area (TPSA) is 89.2 Å². The highest BCUT2D eigenvalue weighted by Crippen LogP contribution is 2.40. The molecule has 1 aliphatic carbocycles. The molecule has 2 aromatic rings. The Morgan fingerprint density at radius 2 is 2.19 bits per heavy atom. The molecule has 2 atom stereocenters. The molecule has 3 heterocycles. The third-order valence-electron chi connectivity index (χ3n) is 5.54. The van der Waals surface area contributed by atoms with Crippen LogP contribution in [-0.4, -0.2) is 45.0 Å². The predicted molar refractivity (Wildman–Crippen MR) is 108 cm³/mol. The van der Waals surface area contributed by atoms with Gasteiger partial charge in [-0.2, -0.15) is 0 Å². The molecule has 4 rings (SSSR count). The van der Waals surface area contributed by atoms with Gasteiger partial charge >= 0.3 is 0 Å². The highest BCUT2D eigenvalue weighted by molar-refractivity contribution is 8.00. The van der Waals surface area contributed by atoms with E-state index in [9.17, 15) is 9.59 Å². The van der Waals surface area contributed by atoms with Gasteiger partial charge in [0.25, 0.3) is 0 Å². The van der Waals surface area contributed by atoms with E-state index in [2.05, 4.69) is 16.9 Å². The van der Waals surface area contributed by atoms with E-state index in [0.29, 0.717) is 18.9 Å². The maximum absolute atomic E-state index is 12.7. The number of amides is 2. The number of likely N-dealkylation sites (tertiary alicyclic amines) is 1. The molecule has 0 saturated carbocycles. The molecular formula is C19H24N4O2S2. The monoisotopic (exact) mass is 404 g/mol. The second-order valence-electron chi connectivity index (χ2n) is 7.50. The van der Waals surface area contributed by atoms with Gasteiger partial charge in [-0.25, -0.2) is 9.97 Å². The summed E-state index contributed by atoms with van der Waals surface area (Å²) in [5.41, 5.74) is 6.86. The Morgan fingerprint density at radius 1 is 1.33 bits per heavy atom. The zero-order chi connectivity index (χ0) is 19.0. The van der Waals surface area contributed by atoms with Crippen LogP contribution < -0.4 is 5.73 Å². The van der Waals surface area contributed by atoms with Gasteiger partial charge < -0.3 is 10.6 Å².